The predicted molar refractivity (Wildman–Crippen MR) is 110 cm³/mol. The average Bonchev–Trinajstić information content (AvgIpc) is 2.32. The van der Waals surface area contributed by atoms with Crippen molar-refractivity contribution in [3.8, 4) is 0 Å². The summed E-state index contributed by atoms with van der Waals surface area (Å²) >= 11 is 0. The number of rotatable bonds is 7. The lowest BCUT2D eigenvalue weighted by Crippen LogP contribution is -2.43. The molecular formula is C19H40O4Si2. The summed E-state index contributed by atoms with van der Waals surface area (Å²) in [7, 11) is -4.13. The second-order valence-electron chi connectivity index (χ2n) is 10.3. The molecule has 0 aliphatic carbocycles. The zero-order valence-electron chi connectivity index (χ0n) is 18.3. The molecule has 0 aliphatic heterocycles. The maximum atomic E-state index is 12.2. The summed E-state index contributed by atoms with van der Waals surface area (Å²) in [6.45, 7) is 23.0. The smallest absolute Gasteiger partial charge is 0.292 e. The fourth-order valence-corrected chi connectivity index (χ4v) is 3.66. The predicted octanol–water partition coefficient (Wildman–Crippen LogP) is 5.89. The Morgan fingerprint density at radius 2 is 1.16 bits per heavy atom. The summed E-state index contributed by atoms with van der Waals surface area (Å²) in [5.74, 6) is -0.169. The van der Waals surface area contributed by atoms with Gasteiger partial charge in [-0.25, -0.2) is 0 Å². The van der Waals surface area contributed by atoms with E-state index < -0.39 is 16.6 Å². The van der Waals surface area contributed by atoms with Crippen molar-refractivity contribution < 1.29 is 18.4 Å². The maximum absolute atomic E-state index is 12.2. The average molecular weight is 389 g/mol. The lowest BCUT2D eigenvalue weighted by atomic mass is 10.0. The molecule has 0 spiro atoms. The normalized spacial score (nSPS) is 14.8. The van der Waals surface area contributed by atoms with E-state index in [-0.39, 0.29) is 27.9 Å². The first-order chi connectivity index (χ1) is 10.9. The van der Waals surface area contributed by atoms with Gasteiger partial charge < -0.3 is 8.85 Å². The van der Waals surface area contributed by atoms with Gasteiger partial charge in [-0.1, -0.05) is 48.5 Å². The highest BCUT2D eigenvalue weighted by Crippen LogP contribution is 2.38. The van der Waals surface area contributed by atoms with Crippen molar-refractivity contribution in [2.24, 2.45) is 5.92 Å². The van der Waals surface area contributed by atoms with Gasteiger partial charge in [-0.2, -0.15) is 0 Å². The molecule has 0 N–H and O–H groups in total. The second kappa shape index (κ2) is 8.38. The van der Waals surface area contributed by atoms with Crippen molar-refractivity contribution in [1.29, 1.82) is 0 Å². The molecule has 0 saturated heterocycles. The Labute approximate surface area is 157 Å². The molecule has 0 aliphatic rings. The van der Waals surface area contributed by atoms with E-state index >= 15 is 0 Å². The Morgan fingerprint density at radius 1 is 0.800 bits per heavy atom. The van der Waals surface area contributed by atoms with Crippen molar-refractivity contribution >= 4 is 28.6 Å². The molecule has 1 unspecified atom stereocenters. The van der Waals surface area contributed by atoms with Crippen LogP contribution in [0.1, 0.15) is 67.7 Å². The Bertz CT molecular complexity index is 471. The van der Waals surface area contributed by atoms with Crippen LogP contribution in [0, 0.1) is 5.92 Å². The first kappa shape index (κ1) is 24.4. The number of hydrogen-bond acceptors (Lipinski definition) is 4. The van der Waals surface area contributed by atoms with Gasteiger partial charge in [0.05, 0.1) is 0 Å². The molecule has 0 amide bonds. The van der Waals surface area contributed by atoms with E-state index in [1.165, 1.54) is 0 Å². The minimum atomic E-state index is -2.07. The quantitative estimate of drug-likeness (QED) is 0.510. The molecule has 148 valence electrons. The van der Waals surface area contributed by atoms with Crippen LogP contribution in [0.25, 0.3) is 0 Å². The number of hydrogen-bond donors (Lipinski definition) is 0. The van der Waals surface area contributed by atoms with Gasteiger partial charge in [-0.05, 0) is 48.6 Å². The lowest BCUT2D eigenvalue weighted by Gasteiger charge is -2.36. The molecule has 1 atom stereocenters. The third-order valence-electron chi connectivity index (χ3n) is 5.71. The molecule has 0 bridgehead atoms. The summed E-state index contributed by atoms with van der Waals surface area (Å²) < 4.78 is 11.6. The molecule has 0 aromatic rings. The van der Waals surface area contributed by atoms with Crippen LogP contribution in [0.3, 0.4) is 0 Å². The zero-order valence-corrected chi connectivity index (χ0v) is 20.3. The van der Waals surface area contributed by atoms with Gasteiger partial charge in [0, 0.05) is 12.8 Å². The van der Waals surface area contributed by atoms with Crippen LogP contribution in [-0.4, -0.2) is 28.6 Å². The van der Waals surface area contributed by atoms with Crippen LogP contribution >= 0.6 is 0 Å². The maximum Gasteiger partial charge on any atom is 0.292 e. The SMILES string of the molecule is CC(CCC(=O)O[Si](C)(C)C(C)(C)C)CC(=O)O[Si](C)(C)C(C)(C)C. The molecule has 0 heterocycles. The van der Waals surface area contributed by atoms with Crippen LogP contribution in [0.4, 0.5) is 0 Å². The summed E-state index contributed by atoms with van der Waals surface area (Å²) in [5.41, 5.74) is 0. The van der Waals surface area contributed by atoms with Crippen LogP contribution in [0.5, 0.6) is 0 Å². The van der Waals surface area contributed by atoms with Gasteiger partial charge >= 0.3 is 0 Å². The Morgan fingerprint density at radius 3 is 1.52 bits per heavy atom. The molecule has 6 heteroatoms. The fraction of sp³-hybridized carbons (Fsp3) is 0.895. The molecular weight excluding hydrogens is 348 g/mol. The van der Waals surface area contributed by atoms with Gasteiger partial charge in [0.15, 0.2) is 0 Å². The molecule has 25 heavy (non-hydrogen) atoms. The molecule has 0 rings (SSSR count). The van der Waals surface area contributed by atoms with Crippen LogP contribution in [0.2, 0.25) is 36.3 Å². The first-order valence-corrected chi connectivity index (χ1v) is 15.1. The molecule has 0 aromatic heterocycles. The topological polar surface area (TPSA) is 52.6 Å². The third kappa shape index (κ3) is 8.07. The Kier molecular flexibility index (Phi) is 8.17. The summed E-state index contributed by atoms with van der Waals surface area (Å²) in [4.78, 5) is 24.4. The first-order valence-electron chi connectivity index (χ1n) is 9.33. The van der Waals surface area contributed by atoms with Crippen LogP contribution in [-0.2, 0) is 18.4 Å². The summed E-state index contributed by atoms with van der Waals surface area (Å²) in [6.07, 6.45) is 1.38. The fourth-order valence-electron chi connectivity index (χ4n) is 1.72. The highest BCUT2D eigenvalue weighted by atomic mass is 28.4. The standard InChI is InChI=1S/C19H40O4Si2/c1-15(14-17(21)23-25(10,11)19(5,6)7)12-13-16(20)22-24(8,9)18(2,3)4/h15H,12-14H2,1-11H3. The minimum Gasteiger partial charge on any atom is -0.519 e. The molecule has 0 radical (unpaired) electrons. The molecule has 4 nitrogen and oxygen atoms in total. The Hall–Kier alpha value is -0.626. The summed E-state index contributed by atoms with van der Waals surface area (Å²) in [5, 5.41) is 0.0279. The highest BCUT2D eigenvalue weighted by Gasteiger charge is 2.41. The highest BCUT2D eigenvalue weighted by molar-refractivity contribution is 6.75. The van der Waals surface area contributed by atoms with E-state index in [1.807, 2.05) is 6.92 Å². The van der Waals surface area contributed by atoms with E-state index in [9.17, 15) is 9.59 Å². The van der Waals surface area contributed by atoms with Crippen molar-refractivity contribution in [3.05, 3.63) is 0 Å². The van der Waals surface area contributed by atoms with E-state index in [0.29, 0.717) is 19.3 Å². The monoisotopic (exact) mass is 388 g/mol. The lowest BCUT2D eigenvalue weighted by molar-refractivity contribution is -0.138. The van der Waals surface area contributed by atoms with Gasteiger partial charge in [0.1, 0.15) is 0 Å². The van der Waals surface area contributed by atoms with Gasteiger partial charge in [-0.3, -0.25) is 9.59 Å². The minimum absolute atomic E-state index is 0.0128. The van der Waals surface area contributed by atoms with Crippen molar-refractivity contribution in [2.75, 3.05) is 0 Å². The van der Waals surface area contributed by atoms with Crippen molar-refractivity contribution in [3.63, 3.8) is 0 Å². The third-order valence-corrected chi connectivity index (χ3v) is 14.4. The van der Waals surface area contributed by atoms with E-state index in [1.54, 1.807) is 0 Å². The Balaban J connectivity index is 4.43. The number of carbonyl (C=O) groups is 2. The van der Waals surface area contributed by atoms with E-state index in [2.05, 4.69) is 67.7 Å². The van der Waals surface area contributed by atoms with E-state index in [4.69, 9.17) is 8.85 Å². The second-order valence-corrected chi connectivity index (χ2v) is 19.8. The van der Waals surface area contributed by atoms with Gasteiger partial charge in [0.2, 0.25) is 0 Å². The zero-order chi connectivity index (χ0) is 20.3. The molecule has 0 fully saturated rings. The number of carbonyl (C=O) groups excluding carboxylic acids is 2. The molecule has 0 saturated carbocycles. The van der Waals surface area contributed by atoms with Crippen LogP contribution in [0.15, 0.2) is 0 Å². The van der Waals surface area contributed by atoms with Crippen molar-refractivity contribution in [1.82, 2.24) is 0 Å². The van der Waals surface area contributed by atoms with Gasteiger partial charge in [-0.15, -0.1) is 0 Å². The molecule has 0 aromatic carbocycles. The van der Waals surface area contributed by atoms with E-state index in [0.717, 1.165) is 0 Å². The van der Waals surface area contributed by atoms with Crippen LogP contribution < -0.4 is 0 Å². The largest absolute Gasteiger partial charge is 0.519 e. The van der Waals surface area contributed by atoms with Gasteiger partial charge in [0.25, 0.3) is 28.6 Å². The summed E-state index contributed by atoms with van der Waals surface area (Å²) in [6, 6.07) is 0. The van der Waals surface area contributed by atoms with Crippen molar-refractivity contribution in [2.45, 2.75) is 104 Å².